The van der Waals surface area contributed by atoms with Crippen LogP contribution in [0.15, 0.2) is 60.8 Å². The van der Waals surface area contributed by atoms with Crippen LogP contribution in [0.3, 0.4) is 0 Å². The van der Waals surface area contributed by atoms with Gasteiger partial charge in [0.25, 0.3) is 5.91 Å². The van der Waals surface area contributed by atoms with Crippen molar-refractivity contribution in [1.29, 1.82) is 0 Å². The number of nitrogens with zero attached hydrogens (tertiary/aromatic N) is 1. The SMILES string of the molecule is COc1ccc(C[C@H](NC(=O)c2ccnc3ccccc23)C(N)=O)cc1. The molecule has 3 N–H and O–H groups in total. The van der Waals surface area contributed by atoms with E-state index in [9.17, 15) is 9.59 Å². The van der Waals surface area contributed by atoms with E-state index in [1.165, 1.54) is 0 Å². The molecular formula is C20H19N3O3. The lowest BCUT2D eigenvalue weighted by atomic mass is 10.0. The Labute approximate surface area is 151 Å². The highest BCUT2D eigenvalue weighted by molar-refractivity contribution is 6.07. The Morgan fingerprint density at radius 2 is 1.85 bits per heavy atom. The molecule has 1 aromatic heterocycles. The van der Waals surface area contributed by atoms with Gasteiger partial charge in [0.15, 0.2) is 0 Å². The second-order valence-corrected chi connectivity index (χ2v) is 5.86. The van der Waals surface area contributed by atoms with E-state index in [0.717, 1.165) is 16.7 Å². The Morgan fingerprint density at radius 1 is 1.12 bits per heavy atom. The molecule has 2 amide bonds. The van der Waals surface area contributed by atoms with Gasteiger partial charge in [-0.2, -0.15) is 0 Å². The fourth-order valence-electron chi connectivity index (χ4n) is 2.75. The normalized spacial score (nSPS) is 11.7. The summed E-state index contributed by atoms with van der Waals surface area (Å²) in [5.74, 6) is -0.231. The van der Waals surface area contributed by atoms with Crippen molar-refractivity contribution in [2.45, 2.75) is 12.5 Å². The van der Waals surface area contributed by atoms with Gasteiger partial charge >= 0.3 is 0 Å². The average molecular weight is 349 g/mol. The molecule has 1 heterocycles. The summed E-state index contributed by atoms with van der Waals surface area (Å²) in [4.78, 5) is 28.8. The van der Waals surface area contributed by atoms with Crippen LogP contribution >= 0.6 is 0 Å². The van der Waals surface area contributed by atoms with E-state index in [4.69, 9.17) is 10.5 Å². The molecule has 26 heavy (non-hydrogen) atoms. The number of fused-ring (bicyclic) bond motifs is 1. The van der Waals surface area contributed by atoms with Crippen molar-refractivity contribution in [3.8, 4) is 5.75 Å². The van der Waals surface area contributed by atoms with Crippen LogP contribution in [0.25, 0.3) is 10.9 Å². The van der Waals surface area contributed by atoms with Crippen LogP contribution in [0, 0.1) is 0 Å². The predicted molar refractivity (Wildman–Crippen MR) is 98.9 cm³/mol. The van der Waals surface area contributed by atoms with Gasteiger partial charge in [-0.1, -0.05) is 30.3 Å². The van der Waals surface area contributed by atoms with Crippen LogP contribution in [0.2, 0.25) is 0 Å². The Balaban J connectivity index is 1.80. The molecule has 0 radical (unpaired) electrons. The van der Waals surface area contributed by atoms with Crippen LogP contribution in [-0.4, -0.2) is 29.9 Å². The number of carbonyl (C=O) groups is 2. The maximum Gasteiger partial charge on any atom is 0.252 e. The third kappa shape index (κ3) is 3.80. The van der Waals surface area contributed by atoms with Crippen LogP contribution in [-0.2, 0) is 11.2 Å². The molecule has 0 spiro atoms. The fraction of sp³-hybridized carbons (Fsp3) is 0.150. The largest absolute Gasteiger partial charge is 0.497 e. The first-order valence-electron chi connectivity index (χ1n) is 8.15. The number of amides is 2. The van der Waals surface area contributed by atoms with Crippen LogP contribution in [0.1, 0.15) is 15.9 Å². The number of hydrogen-bond acceptors (Lipinski definition) is 4. The zero-order valence-corrected chi connectivity index (χ0v) is 14.3. The number of para-hydroxylation sites is 1. The Kier molecular flexibility index (Phi) is 5.12. The molecule has 0 saturated carbocycles. The zero-order valence-electron chi connectivity index (χ0n) is 14.3. The number of primary amides is 1. The van der Waals surface area contributed by atoms with E-state index in [1.54, 1.807) is 31.5 Å². The van der Waals surface area contributed by atoms with Crippen molar-refractivity contribution < 1.29 is 14.3 Å². The maximum absolute atomic E-state index is 12.7. The highest BCUT2D eigenvalue weighted by Gasteiger charge is 2.20. The lowest BCUT2D eigenvalue weighted by Crippen LogP contribution is -2.45. The minimum Gasteiger partial charge on any atom is -0.497 e. The lowest BCUT2D eigenvalue weighted by Gasteiger charge is -2.16. The zero-order chi connectivity index (χ0) is 18.5. The number of methoxy groups -OCH3 is 1. The van der Waals surface area contributed by atoms with Gasteiger partial charge in [-0.05, 0) is 29.8 Å². The summed E-state index contributed by atoms with van der Waals surface area (Å²) in [6.45, 7) is 0. The van der Waals surface area contributed by atoms with Crippen LogP contribution < -0.4 is 15.8 Å². The lowest BCUT2D eigenvalue weighted by molar-refractivity contribution is -0.119. The first kappa shape index (κ1) is 17.4. The number of pyridine rings is 1. The van der Waals surface area contributed by atoms with E-state index in [1.807, 2.05) is 36.4 Å². The standard InChI is InChI=1S/C20H19N3O3/c1-26-14-8-6-13(7-9-14)12-18(19(21)24)23-20(25)16-10-11-22-17-5-3-2-4-15(16)17/h2-11,18H,12H2,1H3,(H2,21,24)(H,23,25)/t18-/m0/s1. The van der Waals surface area contributed by atoms with Crippen molar-refractivity contribution in [2.75, 3.05) is 7.11 Å². The Morgan fingerprint density at radius 3 is 2.54 bits per heavy atom. The Bertz CT molecular complexity index is 933. The topological polar surface area (TPSA) is 94.3 Å². The van der Waals surface area contributed by atoms with E-state index in [0.29, 0.717) is 17.5 Å². The van der Waals surface area contributed by atoms with E-state index < -0.39 is 11.9 Å². The third-order valence-electron chi connectivity index (χ3n) is 4.14. The number of nitrogens with two attached hydrogens (primary N) is 1. The number of nitrogens with one attached hydrogen (secondary N) is 1. The molecule has 2 aromatic carbocycles. The minimum atomic E-state index is -0.817. The predicted octanol–water partition coefficient (Wildman–Crippen LogP) is 2.07. The molecule has 6 nitrogen and oxygen atoms in total. The number of aromatic nitrogens is 1. The molecule has 0 aliphatic rings. The van der Waals surface area contributed by atoms with Crippen LogP contribution in [0.4, 0.5) is 0 Å². The molecule has 6 heteroatoms. The maximum atomic E-state index is 12.7. The van der Waals surface area contributed by atoms with Gasteiger partial charge in [0.2, 0.25) is 5.91 Å². The second-order valence-electron chi connectivity index (χ2n) is 5.86. The van der Waals surface area contributed by atoms with Gasteiger partial charge < -0.3 is 15.8 Å². The molecule has 3 aromatic rings. The van der Waals surface area contributed by atoms with E-state index >= 15 is 0 Å². The summed E-state index contributed by atoms with van der Waals surface area (Å²) in [6.07, 6.45) is 1.87. The molecule has 0 aliphatic carbocycles. The van der Waals surface area contributed by atoms with Gasteiger partial charge in [0, 0.05) is 18.0 Å². The van der Waals surface area contributed by atoms with E-state index in [-0.39, 0.29) is 5.91 Å². The average Bonchev–Trinajstić information content (AvgIpc) is 2.67. The van der Waals surface area contributed by atoms with E-state index in [2.05, 4.69) is 10.3 Å². The highest BCUT2D eigenvalue weighted by atomic mass is 16.5. The molecule has 0 bridgehead atoms. The summed E-state index contributed by atoms with van der Waals surface area (Å²) in [5, 5.41) is 3.45. The molecule has 0 aliphatic heterocycles. The van der Waals surface area contributed by atoms with Gasteiger partial charge in [-0.3, -0.25) is 14.6 Å². The summed E-state index contributed by atoms with van der Waals surface area (Å²) < 4.78 is 5.12. The molecular weight excluding hydrogens is 330 g/mol. The fourth-order valence-corrected chi connectivity index (χ4v) is 2.75. The van der Waals surface area contributed by atoms with Gasteiger partial charge in [0.1, 0.15) is 11.8 Å². The molecule has 3 rings (SSSR count). The number of rotatable bonds is 6. The van der Waals surface area contributed by atoms with Gasteiger partial charge in [0.05, 0.1) is 18.2 Å². The number of ether oxygens (including phenoxy) is 1. The second kappa shape index (κ2) is 7.65. The number of benzene rings is 2. The molecule has 0 unspecified atom stereocenters. The Hall–Kier alpha value is -3.41. The number of hydrogen-bond donors (Lipinski definition) is 2. The van der Waals surface area contributed by atoms with Gasteiger partial charge in [-0.25, -0.2) is 0 Å². The highest BCUT2D eigenvalue weighted by Crippen LogP contribution is 2.17. The summed E-state index contributed by atoms with van der Waals surface area (Å²) in [6, 6.07) is 15.4. The first-order valence-corrected chi connectivity index (χ1v) is 8.15. The molecule has 1 atom stereocenters. The van der Waals surface area contributed by atoms with Crippen molar-refractivity contribution in [3.63, 3.8) is 0 Å². The minimum absolute atomic E-state index is 0.300. The molecule has 0 saturated heterocycles. The monoisotopic (exact) mass is 349 g/mol. The van der Waals surface area contributed by atoms with Crippen LogP contribution in [0.5, 0.6) is 5.75 Å². The summed E-state index contributed by atoms with van der Waals surface area (Å²) in [7, 11) is 1.58. The quantitative estimate of drug-likeness (QED) is 0.712. The summed E-state index contributed by atoms with van der Waals surface area (Å²) >= 11 is 0. The van der Waals surface area contributed by atoms with Crippen molar-refractivity contribution >= 4 is 22.7 Å². The first-order chi connectivity index (χ1) is 12.6. The summed E-state index contributed by atoms with van der Waals surface area (Å²) in [5.41, 5.74) is 7.53. The molecule has 0 fully saturated rings. The number of carbonyl (C=O) groups excluding carboxylic acids is 2. The van der Waals surface area contributed by atoms with Crippen molar-refractivity contribution in [2.24, 2.45) is 5.73 Å². The smallest absolute Gasteiger partial charge is 0.252 e. The molecule has 132 valence electrons. The van der Waals surface area contributed by atoms with Gasteiger partial charge in [-0.15, -0.1) is 0 Å². The van der Waals surface area contributed by atoms with Crippen molar-refractivity contribution in [3.05, 3.63) is 71.9 Å². The third-order valence-corrected chi connectivity index (χ3v) is 4.14. The van der Waals surface area contributed by atoms with Crippen molar-refractivity contribution in [1.82, 2.24) is 10.3 Å².